The highest BCUT2D eigenvalue weighted by molar-refractivity contribution is 5.90. The minimum absolute atomic E-state index is 0.0452. The van der Waals surface area contributed by atoms with E-state index in [1.54, 1.807) is 0 Å². The molecule has 1 atom stereocenters. The van der Waals surface area contributed by atoms with Crippen LogP contribution in [-0.2, 0) is 14.4 Å². The summed E-state index contributed by atoms with van der Waals surface area (Å²) in [5.41, 5.74) is 0. The second kappa shape index (κ2) is 3.99. The molecule has 12 heavy (non-hydrogen) atoms. The molecular formula is C8H11NO3. The number of Topliss-reactive ketones (excluding diaryl/α,β-unsaturated/α-hetero) is 1. The van der Waals surface area contributed by atoms with Crippen LogP contribution in [0.1, 0.15) is 19.3 Å². The molecule has 0 radical (unpaired) electrons. The highest BCUT2D eigenvalue weighted by Gasteiger charge is 2.27. The number of rotatable bonds is 3. The molecule has 0 aromatic heterocycles. The smallest absolute Gasteiger partial charge is 0.223 e. The van der Waals surface area contributed by atoms with Crippen molar-refractivity contribution in [3.05, 3.63) is 0 Å². The largest absolute Gasteiger partial charge is 0.349 e. The third kappa shape index (κ3) is 2.15. The molecule has 0 aliphatic heterocycles. The van der Waals surface area contributed by atoms with Gasteiger partial charge in [0.1, 0.15) is 12.1 Å². The van der Waals surface area contributed by atoms with Crippen LogP contribution in [0.4, 0.5) is 0 Å². The minimum Gasteiger partial charge on any atom is -0.349 e. The Balaban J connectivity index is 2.32. The van der Waals surface area contributed by atoms with Crippen molar-refractivity contribution in [2.45, 2.75) is 19.3 Å². The van der Waals surface area contributed by atoms with Crippen LogP contribution in [0.3, 0.4) is 0 Å². The normalized spacial score (nSPS) is 22.3. The van der Waals surface area contributed by atoms with Gasteiger partial charge in [-0.05, 0) is 6.42 Å². The van der Waals surface area contributed by atoms with E-state index in [-0.39, 0.29) is 24.2 Å². The van der Waals surface area contributed by atoms with Crippen molar-refractivity contribution in [1.29, 1.82) is 0 Å². The molecule has 0 bridgehead atoms. The maximum Gasteiger partial charge on any atom is 0.223 e. The molecule has 1 amide bonds. The van der Waals surface area contributed by atoms with E-state index in [0.717, 1.165) is 0 Å². The van der Waals surface area contributed by atoms with Gasteiger partial charge in [0.2, 0.25) is 5.91 Å². The molecular weight excluding hydrogens is 158 g/mol. The molecule has 0 saturated heterocycles. The van der Waals surface area contributed by atoms with E-state index in [4.69, 9.17) is 0 Å². The maximum absolute atomic E-state index is 11.1. The van der Waals surface area contributed by atoms with Crippen LogP contribution in [0.25, 0.3) is 0 Å². The Bertz CT molecular complexity index is 212. The second-order valence-electron chi connectivity index (χ2n) is 2.89. The third-order valence-corrected chi connectivity index (χ3v) is 1.98. The van der Waals surface area contributed by atoms with Gasteiger partial charge in [-0.1, -0.05) is 0 Å². The Morgan fingerprint density at radius 2 is 2.42 bits per heavy atom. The monoisotopic (exact) mass is 169 g/mol. The summed E-state index contributed by atoms with van der Waals surface area (Å²) in [5, 5.41) is 2.44. The number of amides is 1. The lowest BCUT2D eigenvalue weighted by atomic mass is 10.1. The lowest BCUT2D eigenvalue weighted by Crippen LogP contribution is -2.30. The minimum atomic E-state index is -0.197. The van der Waals surface area contributed by atoms with Crippen LogP contribution in [0, 0.1) is 5.92 Å². The van der Waals surface area contributed by atoms with E-state index in [9.17, 15) is 14.4 Å². The predicted molar refractivity (Wildman–Crippen MR) is 41.4 cm³/mol. The molecule has 1 unspecified atom stereocenters. The van der Waals surface area contributed by atoms with Crippen LogP contribution in [-0.4, -0.2) is 24.5 Å². The number of nitrogens with one attached hydrogen (secondary N) is 1. The zero-order valence-corrected chi connectivity index (χ0v) is 6.71. The number of carbonyl (C=O) groups excluding carboxylic acids is 3. The molecule has 1 saturated carbocycles. The van der Waals surface area contributed by atoms with Crippen LogP contribution in [0.5, 0.6) is 0 Å². The molecule has 0 aromatic rings. The van der Waals surface area contributed by atoms with Crippen molar-refractivity contribution in [2.24, 2.45) is 5.92 Å². The zero-order valence-electron chi connectivity index (χ0n) is 6.71. The first kappa shape index (κ1) is 8.90. The van der Waals surface area contributed by atoms with Gasteiger partial charge in [0.05, 0.1) is 6.54 Å². The Morgan fingerprint density at radius 1 is 1.67 bits per heavy atom. The van der Waals surface area contributed by atoms with E-state index in [1.807, 2.05) is 0 Å². The van der Waals surface area contributed by atoms with Gasteiger partial charge in [-0.2, -0.15) is 0 Å². The number of hydrogen-bond acceptors (Lipinski definition) is 3. The van der Waals surface area contributed by atoms with Gasteiger partial charge < -0.3 is 10.1 Å². The summed E-state index contributed by atoms with van der Waals surface area (Å²) in [4.78, 5) is 31.8. The van der Waals surface area contributed by atoms with Gasteiger partial charge in [-0.25, -0.2) is 0 Å². The van der Waals surface area contributed by atoms with Gasteiger partial charge >= 0.3 is 0 Å². The van der Waals surface area contributed by atoms with Crippen LogP contribution in [0.2, 0.25) is 0 Å². The van der Waals surface area contributed by atoms with Crippen molar-refractivity contribution in [3.63, 3.8) is 0 Å². The van der Waals surface area contributed by atoms with Crippen molar-refractivity contribution in [3.8, 4) is 0 Å². The van der Waals surface area contributed by atoms with Gasteiger partial charge in [0.15, 0.2) is 0 Å². The van der Waals surface area contributed by atoms with Crippen LogP contribution in [0.15, 0.2) is 0 Å². The third-order valence-electron chi connectivity index (χ3n) is 1.98. The van der Waals surface area contributed by atoms with E-state index in [2.05, 4.69) is 5.32 Å². The summed E-state index contributed by atoms with van der Waals surface area (Å²) >= 11 is 0. The Labute approximate surface area is 70.3 Å². The van der Waals surface area contributed by atoms with Crippen molar-refractivity contribution in [2.75, 3.05) is 6.54 Å². The Kier molecular flexibility index (Phi) is 2.96. The standard InChI is InChI=1S/C8H11NO3/c10-4-3-9-8(12)6-1-2-7(11)5-6/h4,6H,1-3,5H2,(H,9,12). The van der Waals surface area contributed by atoms with E-state index in [0.29, 0.717) is 25.5 Å². The second-order valence-corrected chi connectivity index (χ2v) is 2.89. The highest BCUT2D eigenvalue weighted by Crippen LogP contribution is 2.21. The first-order valence-corrected chi connectivity index (χ1v) is 3.97. The molecule has 4 nitrogen and oxygen atoms in total. The molecule has 1 N–H and O–H groups in total. The summed E-state index contributed by atoms with van der Waals surface area (Å²) in [6.07, 6.45) is 2.10. The zero-order chi connectivity index (χ0) is 8.97. The lowest BCUT2D eigenvalue weighted by molar-refractivity contribution is -0.127. The topological polar surface area (TPSA) is 63.2 Å². The van der Waals surface area contributed by atoms with Crippen LogP contribution >= 0.6 is 0 Å². The number of carbonyl (C=O) groups is 3. The fraction of sp³-hybridized carbons (Fsp3) is 0.625. The summed E-state index contributed by atoms with van der Waals surface area (Å²) in [5.74, 6) is -0.230. The molecule has 0 aromatic carbocycles. The fourth-order valence-corrected chi connectivity index (χ4v) is 1.32. The first-order chi connectivity index (χ1) is 5.74. The number of ketones is 1. The quantitative estimate of drug-likeness (QED) is 0.588. The molecule has 1 fully saturated rings. The maximum atomic E-state index is 11.1. The van der Waals surface area contributed by atoms with E-state index < -0.39 is 0 Å². The summed E-state index contributed by atoms with van der Waals surface area (Å²) in [7, 11) is 0. The van der Waals surface area contributed by atoms with Gasteiger partial charge in [0, 0.05) is 18.8 Å². The summed E-state index contributed by atoms with van der Waals surface area (Å²) < 4.78 is 0. The summed E-state index contributed by atoms with van der Waals surface area (Å²) in [6, 6.07) is 0. The molecule has 1 rings (SSSR count). The fourth-order valence-electron chi connectivity index (χ4n) is 1.32. The Hall–Kier alpha value is -1.19. The summed E-state index contributed by atoms with van der Waals surface area (Å²) in [6.45, 7) is 0.0452. The highest BCUT2D eigenvalue weighted by atomic mass is 16.2. The molecule has 4 heteroatoms. The first-order valence-electron chi connectivity index (χ1n) is 3.97. The number of hydrogen-bond donors (Lipinski definition) is 1. The Morgan fingerprint density at radius 3 is 2.92 bits per heavy atom. The van der Waals surface area contributed by atoms with Crippen LogP contribution < -0.4 is 5.32 Å². The number of aldehydes is 1. The molecule has 66 valence electrons. The average molecular weight is 169 g/mol. The van der Waals surface area contributed by atoms with Gasteiger partial charge in [-0.15, -0.1) is 0 Å². The molecule has 0 heterocycles. The van der Waals surface area contributed by atoms with E-state index in [1.165, 1.54) is 0 Å². The molecule has 1 aliphatic carbocycles. The average Bonchev–Trinajstić information content (AvgIpc) is 2.47. The van der Waals surface area contributed by atoms with Crippen molar-refractivity contribution in [1.82, 2.24) is 5.32 Å². The molecule has 0 spiro atoms. The van der Waals surface area contributed by atoms with E-state index >= 15 is 0 Å². The molecule has 1 aliphatic rings. The lowest BCUT2D eigenvalue weighted by Gasteiger charge is -2.05. The van der Waals surface area contributed by atoms with Crippen molar-refractivity contribution >= 4 is 18.0 Å². The van der Waals surface area contributed by atoms with Crippen molar-refractivity contribution < 1.29 is 14.4 Å². The van der Waals surface area contributed by atoms with Gasteiger partial charge in [0.25, 0.3) is 0 Å². The SMILES string of the molecule is O=CCNC(=O)C1CCC(=O)C1. The predicted octanol–water partition coefficient (Wildman–Crippen LogP) is -0.329. The van der Waals surface area contributed by atoms with Gasteiger partial charge in [-0.3, -0.25) is 9.59 Å².